The maximum Gasteiger partial charge on any atom is 0.142 e. The van der Waals surface area contributed by atoms with Gasteiger partial charge in [-0.25, -0.2) is 4.98 Å². The molecule has 3 heteroatoms. The van der Waals surface area contributed by atoms with E-state index >= 15 is 0 Å². The van der Waals surface area contributed by atoms with Crippen LogP contribution in [-0.2, 0) is 0 Å². The first-order valence-electron chi connectivity index (χ1n) is 6.43. The number of aromatic amines is 1. The first kappa shape index (κ1) is 11.8. The van der Waals surface area contributed by atoms with E-state index in [0.717, 1.165) is 16.6 Å². The molecule has 0 saturated heterocycles. The third kappa shape index (κ3) is 2.08. The lowest BCUT2D eigenvalue weighted by atomic mass is 10.00. The molecule has 0 atom stereocenters. The average Bonchev–Trinajstić information content (AvgIpc) is 2.82. The Balaban J connectivity index is 2.17. The number of rotatable bonds is 2. The van der Waals surface area contributed by atoms with Crippen molar-refractivity contribution in [1.29, 1.82) is 0 Å². The molecule has 0 radical (unpaired) electrons. The standard InChI is InChI=1S/C16H16N2O/c1-10(2)11-7-8-15(19)12(9-11)16-17-13-5-3-4-6-14(13)18-16/h3-10,19H,1-2H3,(H,17,18). The summed E-state index contributed by atoms with van der Waals surface area (Å²) in [4.78, 5) is 7.78. The number of phenols is 1. The van der Waals surface area contributed by atoms with Gasteiger partial charge in [0.1, 0.15) is 11.6 Å². The predicted octanol–water partition coefficient (Wildman–Crippen LogP) is 4.06. The summed E-state index contributed by atoms with van der Waals surface area (Å²) in [6.07, 6.45) is 0. The molecule has 2 N–H and O–H groups in total. The summed E-state index contributed by atoms with van der Waals surface area (Å²) < 4.78 is 0. The average molecular weight is 252 g/mol. The van der Waals surface area contributed by atoms with Gasteiger partial charge in [-0.15, -0.1) is 0 Å². The van der Waals surface area contributed by atoms with Crippen molar-refractivity contribution in [2.45, 2.75) is 19.8 Å². The smallest absolute Gasteiger partial charge is 0.142 e. The van der Waals surface area contributed by atoms with E-state index in [1.807, 2.05) is 36.4 Å². The van der Waals surface area contributed by atoms with Crippen LogP contribution in [0.25, 0.3) is 22.4 Å². The van der Waals surface area contributed by atoms with Crippen molar-refractivity contribution >= 4 is 11.0 Å². The number of fused-ring (bicyclic) bond motifs is 1. The van der Waals surface area contributed by atoms with E-state index in [2.05, 4.69) is 23.8 Å². The molecule has 0 spiro atoms. The Bertz CT molecular complexity index is 695. The zero-order chi connectivity index (χ0) is 13.4. The maximum atomic E-state index is 10.0. The molecule has 0 unspecified atom stereocenters. The summed E-state index contributed by atoms with van der Waals surface area (Å²) in [6, 6.07) is 13.5. The number of imidazole rings is 1. The van der Waals surface area contributed by atoms with E-state index in [1.165, 1.54) is 5.56 Å². The lowest BCUT2D eigenvalue weighted by Crippen LogP contribution is -1.89. The lowest BCUT2D eigenvalue weighted by Gasteiger charge is -2.08. The highest BCUT2D eigenvalue weighted by atomic mass is 16.3. The molecule has 0 aliphatic rings. The van der Waals surface area contributed by atoms with Crippen LogP contribution in [0.5, 0.6) is 5.75 Å². The van der Waals surface area contributed by atoms with Crippen molar-refractivity contribution in [3.05, 3.63) is 48.0 Å². The molecule has 2 aromatic carbocycles. The highest BCUT2D eigenvalue weighted by molar-refractivity contribution is 5.80. The van der Waals surface area contributed by atoms with E-state index in [4.69, 9.17) is 0 Å². The van der Waals surface area contributed by atoms with Gasteiger partial charge in [0.05, 0.1) is 16.6 Å². The molecule has 0 bridgehead atoms. The number of H-pyrrole nitrogens is 1. The molecule has 0 saturated carbocycles. The summed E-state index contributed by atoms with van der Waals surface area (Å²) in [6.45, 7) is 4.27. The molecule has 3 rings (SSSR count). The molecule has 1 aromatic heterocycles. The van der Waals surface area contributed by atoms with Gasteiger partial charge >= 0.3 is 0 Å². The molecular formula is C16H16N2O. The Morgan fingerprint density at radius 3 is 2.63 bits per heavy atom. The van der Waals surface area contributed by atoms with Crippen LogP contribution >= 0.6 is 0 Å². The normalized spacial score (nSPS) is 11.3. The molecule has 96 valence electrons. The Hall–Kier alpha value is -2.29. The van der Waals surface area contributed by atoms with E-state index in [9.17, 15) is 5.11 Å². The number of aromatic hydroxyl groups is 1. The number of para-hydroxylation sites is 2. The largest absolute Gasteiger partial charge is 0.507 e. The van der Waals surface area contributed by atoms with Gasteiger partial charge in [0.25, 0.3) is 0 Å². The van der Waals surface area contributed by atoms with Crippen molar-refractivity contribution in [2.75, 3.05) is 0 Å². The fourth-order valence-corrected chi connectivity index (χ4v) is 2.18. The van der Waals surface area contributed by atoms with Crippen LogP contribution in [0.15, 0.2) is 42.5 Å². The minimum absolute atomic E-state index is 0.253. The van der Waals surface area contributed by atoms with Crippen LogP contribution in [0.1, 0.15) is 25.3 Å². The Labute approximate surface area is 111 Å². The van der Waals surface area contributed by atoms with Crippen LogP contribution in [-0.4, -0.2) is 15.1 Å². The molecule has 3 aromatic rings. The second-order valence-corrected chi connectivity index (χ2v) is 5.03. The third-order valence-electron chi connectivity index (χ3n) is 3.33. The van der Waals surface area contributed by atoms with E-state index in [-0.39, 0.29) is 5.75 Å². The maximum absolute atomic E-state index is 10.0. The fraction of sp³-hybridized carbons (Fsp3) is 0.188. The number of benzene rings is 2. The molecule has 19 heavy (non-hydrogen) atoms. The fourth-order valence-electron chi connectivity index (χ4n) is 2.18. The first-order valence-corrected chi connectivity index (χ1v) is 6.43. The Morgan fingerprint density at radius 1 is 1.11 bits per heavy atom. The summed E-state index contributed by atoms with van der Waals surface area (Å²) >= 11 is 0. The number of nitrogens with zero attached hydrogens (tertiary/aromatic N) is 1. The highest BCUT2D eigenvalue weighted by Gasteiger charge is 2.11. The van der Waals surface area contributed by atoms with Crippen molar-refractivity contribution in [3.63, 3.8) is 0 Å². The molecule has 0 fully saturated rings. The van der Waals surface area contributed by atoms with Gasteiger partial charge in [0, 0.05) is 0 Å². The van der Waals surface area contributed by atoms with Crippen molar-refractivity contribution in [3.8, 4) is 17.1 Å². The summed E-state index contributed by atoms with van der Waals surface area (Å²) in [5, 5.41) is 10.0. The molecule has 1 heterocycles. The van der Waals surface area contributed by atoms with Crippen LogP contribution in [0.4, 0.5) is 0 Å². The monoisotopic (exact) mass is 252 g/mol. The van der Waals surface area contributed by atoms with E-state index < -0.39 is 0 Å². The van der Waals surface area contributed by atoms with Gasteiger partial charge in [-0.05, 0) is 35.7 Å². The highest BCUT2D eigenvalue weighted by Crippen LogP contribution is 2.31. The van der Waals surface area contributed by atoms with Crippen molar-refractivity contribution in [2.24, 2.45) is 0 Å². The van der Waals surface area contributed by atoms with Crippen LogP contribution in [0.2, 0.25) is 0 Å². The first-order chi connectivity index (χ1) is 9.15. The van der Waals surface area contributed by atoms with Gasteiger partial charge in [-0.3, -0.25) is 0 Å². The summed E-state index contributed by atoms with van der Waals surface area (Å²) in [5.41, 5.74) is 3.83. The van der Waals surface area contributed by atoms with Crippen molar-refractivity contribution in [1.82, 2.24) is 9.97 Å². The number of hydrogen-bond acceptors (Lipinski definition) is 2. The Kier molecular flexibility index (Phi) is 2.75. The number of hydrogen-bond donors (Lipinski definition) is 2. The van der Waals surface area contributed by atoms with Crippen LogP contribution < -0.4 is 0 Å². The number of nitrogens with one attached hydrogen (secondary N) is 1. The molecule has 0 aliphatic heterocycles. The second-order valence-electron chi connectivity index (χ2n) is 5.03. The van der Waals surface area contributed by atoms with Crippen molar-refractivity contribution < 1.29 is 5.11 Å². The van der Waals surface area contributed by atoms with E-state index in [0.29, 0.717) is 11.7 Å². The van der Waals surface area contributed by atoms with Gasteiger partial charge < -0.3 is 10.1 Å². The lowest BCUT2D eigenvalue weighted by molar-refractivity contribution is 0.476. The second kappa shape index (κ2) is 4.43. The molecule has 0 amide bonds. The van der Waals surface area contributed by atoms with Gasteiger partial charge in [-0.1, -0.05) is 32.0 Å². The zero-order valence-electron chi connectivity index (χ0n) is 11.0. The number of aromatic nitrogens is 2. The SMILES string of the molecule is CC(C)c1ccc(O)c(-c2nc3ccccc3[nH]2)c1. The quantitative estimate of drug-likeness (QED) is 0.722. The van der Waals surface area contributed by atoms with Gasteiger partial charge in [0.2, 0.25) is 0 Å². The zero-order valence-corrected chi connectivity index (χ0v) is 11.0. The Morgan fingerprint density at radius 2 is 1.89 bits per heavy atom. The summed E-state index contributed by atoms with van der Waals surface area (Å²) in [5.74, 6) is 1.38. The number of phenolic OH excluding ortho intramolecular Hbond substituents is 1. The molecular weight excluding hydrogens is 236 g/mol. The van der Waals surface area contributed by atoms with Crippen LogP contribution in [0, 0.1) is 0 Å². The molecule has 3 nitrogen and oxygen atoms in total. The summed E-state index contributed by atoms with van der Waals surface area (Å²) in [7, 11) is 0. The third-order valence-corrected chi connectivity index (χ3v) is 3.33. The minimum Gasteiger partial charge on any atom is -0.507 e. The van der Waals surface area contributed by atoms with E-state index in [1.54, 1.807) is 6.07 Å². The molecule has 0 aliphatic carbocycles. The van der Waals surface area contributed by atoms with Crippen LogP contribution in [0.3, 0.4) is 0 Å². The van der Waals surface area contributed by atoms with Gasteiger partial charge in [-0.2, -0.15) is 0 Å². The predicted molar refractivity (Wildman–Crippen MR) is 77.3 cm³/mol. The minimum atomic E-state index is 0.253. The van der Waals surface area contributed by atoms with Gasteiger partial charge in [0.15, 0.2) is 0 Å². The topological polar surface area (TPSA) is 48.9 Å².